The SMILES string of the molecule is CC(C)(C)c1cc(C(c2cc(C(C)(C)C)cc(C(C)(C)C)c2OCCNC(=O)c2cccc(-c3nnc(-c4ccccc4)c(-c4ccccc4)n3)n2)c2cc(C(C)(C)C)cc(C(C)(C)C)c2OCCNC(=O)c2cccc(-c3nnc(-c4ccccc4)c(-c4ccccc4)n3)n2)c(OCCNC(=O)c2cccc(-c3nnc(-c4ccccc4)c(-c4ccccc4)n3)n2)c(C(C)(C)C)c1. The third-order valence-corrected chi connectivity index (χ3v) is 23.2. The fourth-order valence-corrected chi connectivity index (χ4v) is 15.9. The van der Waals surface area contributed by atoms with Gasteiger partial charge in [-0.2, -0.15) is 0 Å². The lowest BCUT2D eigenvalue weighted by Crippen LogP contribution is -2.30. The van der Waals surface area contributed by atoms with Gasteiger partial charge in [-0.1, -0.05) is 361 Å². The van der Waals surface area contributed by atoms with Gasteiger partial charge in [-0.05, 0) is 85.6 Å². The van der Waals surface area contributed by atoms with Crippen LogP contribution in [0, 0.1) is 0 Å². The van der Waals surface area contributed by atoms with Crippen LogP contribution in [0.2, 0.25) is 0 Å². The third-order valence-electron chi connectivity index (χ3n) is 23.2. The van der Waals surface area contributed by atoms with E-state index in [1.54, 1.807) is 54.6 Å². The molecule has 0 radical (unpaired) electrons. The number of ether oxygens (including phenoxy) is 3. The Morgan fingerprint density at radius 2 is 0.481 bits per heavy atom. The molecule has 0 fully saturated rings. The van der Waals surface area contributed by atoms with Crippen molar-refractivity contribution < 1.29 is 28.6 Å². The molecule has 21 nitrogen and oxygen atoms in total. The van der Waals surface area contributed by atoms with Crippen LogP contribution < -0.4 is 30.2 Å². The van der Waals surface area contributed by atoms with Crippen molar-refractivity contribution in [2.45, 2.75) is 163 Å². The van der Waals surface area contributed by atoms with E-state index in [2.05, 4.69) is 192 Å². The Morgan fingerprint density at radius 1 is 0.256 bits per heavy atom. The molecular weight excluding hydrogens is 1650 g/mol. The molecule has 6 heterocycles. The maximum atomic E-state index is 14.8. The number of nitrogens with zero attached hydrogens (tertiary/aromatic N) is 12. The van der Waals surface area contributed by atoms with Gasteiger partial charge in [0.05, 0.1) is 19.6 Å². The van der Waals surface area contributed by atoms with Crippen molar-refractivity contribution in [1.82, 2.24) is 76.4 Å². The van der Waals surface area contributed by atoms with E-state index in [-0.39, 0.29) is 74.0 Å². The van der Waals surface area contributed by atoms with E-state index < -0.39 is 56.1 Å². The number of aromatic nitrogens is 12. The number of rotatable bonds is 27. The van der Waals surface area contributed by atoms with Crippen molar-refractivity contribution >= 4 is 17.7 Å². The third kappa shape index (κ3) is 21.8. The van der Waals surface area contributed by atoms with E-state index in [0.29, 0.717) is 68.5 Å². The first kappa shape index (κ1) is 93.0. The van der Waals surface area contributed by atoms with Crippen LogP contribution >= 0.6 is 0 Å². The number of hydrogen-bond donors (Lipinski definition) is 3. The monoisotopic (exact) mass is 1770 g/mol. The summed E-state index contributed by atoms with van der Waals surface area (Å²) in [4.78, 5) is 74.3. The molecule has 0 unspecified atom stereocenters. The quantitative estimate of drug-likeness (QED) is 0.0319. The zero-order chi connectivity index (χ0) is 94.2. The van der Waals surface area contributed by atoms with Gasteiger partial charge in [-0.25, -0.2) is 29.9 Å². The minimum absolute atomic E-state index is 0.0159. The summed E-state index contributed by atoms with van der Waals surface area (Å²) in [6.07, 6.45) is 0. The van der Waals surface area contributed by atoms with Crippen molar-refractivity contribution in [1.29, 1.82) is 0 Å². The smallest absolute Gasteiger partial charge is 0.270 e. The first-order valence-corrected chi connectivity index (χ1v) is 45.3. The fraction of sp³-hybridized carbons (Fsp3) is 0.277. The first-order valence-electron chi connectivity index (χ1n) is 45.3. The average Bonchev–Trinajstić information content (AvgIpc) is 0.725. The summed E-state index contributed by atoms with van der Waals surface area (Å²) in [6, 6.07) is 88.2. The van der Waals surface area contributed by atoms with Crippen molar-refractivity contribution in [2.75, 3.05) is 39.5 Å². The van der Waals surface area contributed by atoms with E-state index in [4.69, 9.17) is 59.4 Å². The number of benzene rings is 9. The van der Waals surface area contributed by atoms with Gasteiger partial charge >= 0.3 is 0 Å². The van der Waals surface area contributed by atoms with Crippen molar-refractivity contribution in [3.8, 4) is 119 Å². The molecule has 0 saturated carbocycles. The number of hydrogen-bond acceptors (Lipinski definition) is 18. The zero-order valence-corrected chi connectivity index (χ0v) is 79.1. The van der Waals surface area contributed by atoms with Gasteiger partial charge in [-0.15, -0.1) is 30.6 Å². The lowest BCUT2D eigenvalue weighted by atomic mass is 9.70. The minimum Gasteiger partial charge on any atom is -0.491 e. The first-order chi connectivity index (χ1) is 63.5. The minimum atomic E-state index is -0.803. The van der Waals surface area contributed by atoms with E-state index in [9.17, 15) is 14.4 Å². The highest BCUT2D eigenvalue weighted by Gasteiger charge is 2.40. The zero-order valence-electron chi connectivity index (χ0n) is 79.1. The Bertz CT molecular complexity index is 6060. The summed E-state index contributed by atoms with van der Waals surface area (Å²) in [6.45, 7) is 40.0. The molecule has 0 aliphatic heterocycles. The van der Waals surface area contributed by atoms with Gasteiger partial charge in [0.15, 0.2) is 0 Å². The second-order valence-electron chi connectivity index (χ2n) is 39.5. The van der Waals surface area contributed by atoms with Crippen molar-refractivity contribution in [3.63, 3.8) is 0 Å². The molecule has 3 amide bonds. The summed E-state index contributed by atoms with van der Waals surface area (Å²) in [5.74, 6) is 0.472. The van der Waals surface area contributed by atoms with E-state index in [1.165, 1.54) is 0 Å². The molecule has 6 aromatic heterocycles. The topological polar surface area (TPSA) is 270 Å². The van der Waals surface area contributed by atoms with Crippen LogP contribution in [-0.4, -0.2) is 118 Å². The molecule has 0 atom stereocenters. The molecule has 3 N–H and O–H groups in total. The summed E-state index contributed by atoms with van der Waals surface area (Å²) in [7, 11) is 0. The largest absolute Gasteiger partial charge is 0.491 e. The fourth-order valence-electron chi connectivity index (χ4n) is 15.9. The number of nitrogens with one attached hydrogen (secondary N) is 3. The van der Waals surface area contributed by atoms with Crippen molar-refractivity contribution in [2.24, 2.45) is 0 Å². The molecule has 15 rings (SSSR count). The van der Waals surface area contributed by atoms with E-state index in [1.807, 2.05) is 182 Å². The maximum Gasteiger partial charge on any atom is 0.270 e. The standard InChI is InChI=1S/C112H115N15O6/c1-107(2,3)76-64-79(98(82(67-76)110(10,11)12)131-61-58-113-104(128)88-55-37-52-85(116-88)101-119-92(70-40-25-19-26-41-70)95(122-125-101)73-46-31-22-32-47-73)91(80-65-77(108(4,5)6)68-83(111(13,14)15)99(80)132-62-59-114-105(129)89-56-38-53-86(117-89)102-120-93(71-42-27-20-28-43-71)96(123-126-102)74-48-33-23-34-49-74)81-66-78(109(7,8)9)69-84(112(16,17)18)100(81)133-63-60-115-106(130)90-57-39-54-87(118-90)103-121-94(72-44-29-21-30-45-72)97(124-127-103)75-50-35-24-36-51-75/h19-57,64-69,91H,58-63H2,1-18H3,(H,113,128)(H,114,129)(H,115,130). The van der Waals surface area contributed by atoms with Gasteiger partial charge in [-0.3, -0.25) is 14.4 Å². The van der Waals surface area contributed by atoms with Crippen LogP contribution in [0.25, 0.3) is 102 Å². The summed E-state index contributed by atoms with van der Waals surface area (Å²) >= 11 is 0. The molecule has 0 aliphatic rings. The summed E-state index contributed by atoms with van der Waals surface area (Å²) in [5, 5.41) is 37.5. The molecule has 0 bridgehead atoms. The average molecular weight is 1770 g/mol. The predicted octanol–water partition coefficient (Wildman–Crippen LogP) is 22.8. The van der Waals surface area contributed by atoms with E-state index in [0.717, 1.165) is 83.5 Å². The van der Waals surface area contributed by atoms with Gasteiger partial charge in [0.2, 0.25) is 17.5 Å². The lowest BCUT2D eigenvalue weighted by Gasteiger charge is -2.37. The molecule has 133 heavy (non-hydrogen) atoms. The number of carbonyl (C=O) groups excluding carboxylic acids is 3. The normalized spacial score (nSPS) is 12.0. The molecule has 9 aromatic carbocycles. The molecule has 0 saturated heterocycles. The molecule has 21 heteroatoms. The number of amides is 3. The second kappa shape index (κ2) is 39.1. The van der Waals surface area contributed by atoms with Crippen LogP contribution in [0.1, 0.15) is 212 Å². The van der Waals surface area contributed by atoms with Crippen molar-refractivity contribution in [3.05, 3.63) is 340 Å². The van der Waals surface area contributed by atoms with Crippen LogP contribution in [0.15, 0.2) is 273 Å². The molecule has 0 aliphatic carbocycles. The van der Waals surface area contributed by atoms with Gasteiger partial charge in [0.25, 0.3) is 17.7 Å². The Hall–Kier alpha value is -14.7. The highest BCUT2D eigenvalue weighted by atomic mass is 16.5. The van der Waals surface area contributed by atoms with E-state index >= 15 is 0 Å². The Morgan fingerprint density at radius 3 is 0.699 bits per heavy atom. The number of pyridine rings is 3. The van der Waals surface area contributed by atoms with Gasteiger partial charge in [0.1, 0.15) is 105 Å². The lowest BCUT2D eigenvalue weighted by molar-refractivity contribution is 0.0934. The number of carbonyl (C=O) groups is 3. The Kier molecular flexibility index (Phi) is 27.4. The maximum absolute atomic E-state index is 14.8. The Labute approximate surface area is 780 Å². The molecular formula is C112H115N15O6. The van der Waals surface area contributed by atoms with Gasteiger partial charge < -0.3 is 30.2 Å². The summed E-state index contributed by atoms with van der Waals surface area (Å²) < 4.78 is 22.7. The highest BCUT2D eigenvalue weighted by Crippen LogP contribution is 2.54. The van der Waals surface area contributed by atoms with Crippen LogP contribution in [0.4, 0.5) is 0 Å². The molecule has 0 spiro atoms. The molecule has 674 valence electrons. The predicted molar refractivity (Wildman–Crippen MR) is 528 cm³/mol. The second-order valence-corrected chi connectivity index (χ2v) is 39.5. The Balaban J connectivity index is 0.826. The molecule has 15 aromatic rings. The van der Waals surface area contributed by atoms with Crippen LogP contribution in [0.5, 0.6) is 17.2 Å². The van der Waals surface area contributed by atoms with Crippen LogP contribution in [0.3, 0.4) is 0 Å². The highest BCUT2D eigenvalue weighted by molar-refractivity contribution is 5.94. The van der Waals surface area contributed by atoms with Crippen LogP contribution in [-0.2, 0) is 32.5 Å². The summed E-state index contributed by atoms with van der Waals surface area (Å²) in [5.41, 5.74) is 15.6. The van der Waals surface area contributed by atoms with Gasteiger partial charge in [0, 0.05) is 72.7 Å².